The fourth-order valence-corrected chi connectivity index (χ4v) is 2.85. The lowest BCUT2D eigenvalue weighted by Gasteiger charge is -2.06. The summed E-state index contributed by atoms with van der Waals surface area (Å²) in [6.45, 7) is 3.50. The van der Waals surface area contributed by atoms with Crippen LogP contribution in [0.3, 0.4) is 0 Å². The third-order valence-corrected chi connectivity index (χ3v) is 4.43. The summed E-state index contributed by atoms with van der Waals surface area (Å²) in [7, 11) is -0.168. The van der Waals surface area contributed by atoms with E-state index in [1.54, 1.807) is 32.6 Å². The number of nitrogens with one attached hydrogen (secondary N) is 1. The van der Waals surface area contributed by atoms with Gasteiger partial charge < -0.3 is 0 Å². The summed E-state index contributed by atoms with van der Waals surface area (Å²) in [6, 6.07) is 0. The summed E-state index contributed by atoms with van der Waals surface area (Å²) >= 11 is 0. The summed E-state index contributed by atoms with van der Waals surface area (Å²) < 4.78 is 30.0. The Bertz CT molecular complexity index is 683. The van der Waals surface area contributed by atoms with Crippen LogP contribution in [0.15, 0.2) is 17.3 Å². The summed E-state index contributed by atoms with van der Waals surface area (Å²) in [5.74, 6) is 0. The number of aromatic nitrogens is 4. The van der Waals surface area contributed by atoms with Crippen molar-refractivity contribution < 1.29 is 8.42 Å². The van der Waals surface area contributed by atoms with Crippen LogP contribution in [0, 0.1) is 13.8 Å². The first-order valence-electron chi connectivity index (χ1n) is 5.33. The molecule has 2 rings (SSSR count). The predicted molar refractivity (Wildman–Crippen MR) is 66.7 cm³/mol. The van der Waals surface area contributed by atoms with E-state index >= 15 is 0 Å². The lowest BCUT2D eigenvalue weighted by molar-refractivity contribution is 0.600. The lowest BCUT2D eigenvalue weighted by atomic mass is 10.4. The van der Waals surface area contributed by atoms with E-state index in [1.165, 1.54) is 17.1 Å². The summed E-state index contributed by atoms with van der Waals surface area (Å²) in [5, 5.41) is 7.92. The van der Waals surface area contributed by atoms with Gasteiger partial charge in [-0.25, -0.2) is 8.42 Å². The van der Waals surface area contributed by atoms with Gasteiger partial charge in [0.05, 0.1) is 29.5 Å². The number of hydrogen-bond donors (Lipinski definition) is 1. The summed E-state index contributed by atoms with van der Waals surface area (Å²) in [6.07, 6.45) is 2.82. The Balaban J connectivity index is 2.39. The number of anilines is 1. The normalized spacial score (nSPS) is 11.8. The Morgan fingerprint density at radius 1 is 1.06 bits per heavy atom. The fourth-order valence-electron chi connectivity index (χ4n) is 1.54. The minimum Gasteiger partial charge on any atom is -0.276 e. The van der Waals surface area contributed by atoms with Crippen LogP contribution < -0.4 is 4.72 Å². The molecule has 18 heavy (non-hydrogen) atoms. The van der Waals surface area contributed by atoms with E-state index in [0.717, 1.165) is 5.69 Å². The molecule has 1 N–H and O–H groups in total. The van der Waals surface area contributed by atoms with Crippen molar-refractivity contribution in [2.45, 2.75) is 18.7 Å². The SMILES string of the molecule is Cc1c(NS(=O)(=O)c2cnn(C)c2C)cnn1C. The maximum atomic E-state index is 12.2. The zero-order chi connectivity index (χ0) is 13.5. The molecule has 0 aliphatic heterocycles. The smallest absolute Gasteiger partial charge is 0.265 e. The van der Waals surface area contributed by atoms with Gasteiger partial charge in [-0.2, -0.15) is 10.2 Å². The van der Waals surface area contributed by atoms with E-state index in [0.29, 0.717) is 11.4 Å². The van der Waals surface area contributed by atoms with E-state index in [9.17, 15) is 8.42 Å². The van der Waals surface area contributed by atoms with Gasteiger partial charge in [0.15, 0.2) is 0 Å². The zero-order valence-electron chi connectivity index (χ0n) is 10.7. The van der Waals surface area contributed by atoms with Crippen molar-refractivity contribution in [2.75, 3.05) is 4.72 Å². The van der Waals surface area contributed by atoms with Gasteiger partial charge >= 0.3 is 0 Å². The summed E-state index contributed by atoms with van der Waals surface area (Å²) in [5.41, 5.74) is 1.81. The van der Waals surface area contributed by atoms with Gasteiger partial charge in [0.1, 0.15) is 4.90 Å². The maximum absolute atomic E-state index is 12.2. The number of nitrogens with zero attached hydrogens (tertiary/aromatic N) is 4. The quantitative estimate of drug-likeness (QED) is 0.883. The fraction of sp³-hybridized carbons (Fsp3) is 0.400. The molecule has 7 nitrogen and oxygen atoms in total. The molecular weight excluding hydrogens is 254 g/mol. The van der Waals surface area contributed by atoms with Crippen molar-refractivity contribution in [3.63, 3.8) is 0 Å². The molecule has 2 aromatic heterocycles. The highest BCUT2D eigenvalue weighted by molar-refractivity contribution is 7.92. The van der Waals surface area contributed by atoms with Gasteiger partial charge in [-0.1, -0.05) is 0 Å². The Hall–Kier alpha value is -1.83. The molecule has 0 aliphatic carbocycles. The van der Waals surface area contributed by atoms with Crippen molar-refractivity contribution in [3.05, 3.63) is 23.8 Å². The Kier molecular flexibility index (Phi) is 2.89. The van der Waals surface area contributed by atoms with Crippen molar-refractivity contribution >= 4 is 15.7 Å². The Morgan fingerprint density at radius 2 is 1.61 bits per heavy atom. The van der Waals surface area contributed by atoms with Gasteiger partial charge in [-0.3, -0.25) is 14.1 Å². The van der Waals surface area contributed by atoms with E-state index in [1.807, 2.05) is 0 Å². The molecule has 2 aromatic rings. The average Bonchev–Trinajstić information content (AvgIpc) is 2.77. The van der Waals surface area contributed by atoms with Crippen molar-refractivity contribution in [1.82, 2.24) is 19.6 Å². The molecule has 0 atom stereocenters. The Morgan fingerprint density at radius 3 is 2.06 bits per heavy atom. The monoisotopic (exact) mass is 269 g/mol. The van der Waals surface area contributed by atoms with Gasteiger partial charge in [0.2, 0.25) is 0 Å². The summed E-state index contributed by atoms with van der Waals surface area (Å²) in [4.78, 5) is 0.174. The second kappa shape index (κ2) is 4.13. The molecule has 0 amide bonds. The topological polar surface area (TPSA) is 81.8 Å². The molecule has 0 aromatic carbocycles. The van der Waals surface area contributed by atoms with Crippen LogP contribution in [0.5, 0.6) is 0 Å². The van der Waals surface area contributed by atoms with Gasteiger partial charge in [0, 0.05) is 14.1 Å². The van der Waals surface area contributed by atoms with Gasteiger partial charge in [-0.05, 0) is 13.8 Å². The van der Waals surface area contributed by atoms with E-state index < -0.39 is 10.0 Å². The molecule has 0 spiro atoms. The van der Waals surface area contributed by atoms with Crippen LogP contribution in [0.1, 0.15) is 11.4 Å². The second-order valence-corrected chi connectivity index (χ2v) is 5.74. The van der Waals surface area contributed by atoms with E-state index in [4.69, 9.17) is 0 Å². The van der Waals surface area contributed by atoms with Crippen LogP contribution in [0.2, 0.25) is 0 Å². The maximum Gasteiger partial charge on any atom is 0.265 e. The van der Waals surface area contributed by atoms with E-state index in [-0.39, 0.29) is 4.90 Å². The third-order valence-electron chi connectivity index (χ3n) is 2.96. The standard InChI is InChI=1S/C10H15N5O2S/c1-7-9(5-11-14(7)3)13-18(16,17)10-6-12-15(4)8(10)2/h5-6,13H,1-4H3. The zero-order valence-corrected chi connectivity index (χ0v) is 11.5. The van der Waals surface area contributed by atoms with Crippen LogP contribution in [-0.4, -0.2) is 28.0 Å². The average molecular weight is 269 g/mol. The van der Waals surface area contributed by atoms with E-state index in [2.05, 4.69) is 14.9 Å². The van der Waals surface area contributed by atoms with Crippen LogP contribution >= 0.6 is 0 Å². The molecule has 0 saturated carbocycles. The number of sulfonamides is 1. The minimum atomic E-state index is -3.62. The highest BCUT2D eigenvalue weighted by Gasteiger charge is 2.21. The van der Waals surface area contributed by atoms with Crippen LogP contribution in [0.4, 0.5) is 5.69 Å². The highest BCUT2D eigenvalue weighted by atomic mass is 32.2. The third kappa shape index (κ3) is 1.99. The van der Waals surface area contributed by atoms with Crippen molar-refractivity contribution in [2.24, 2.45) is 14.1 Å². The number of hydrogen-bond acceptors (Lipinski definition) is 4. The van der Waals surface area contributed by atoms with Crippen molar-refractivity contribution in [1.29, 1.82) is 0 Å². The molecule has 8 heteroatoms. The van der Waals surface area contributed by atoms with Crippen LogP contribution in [-0.2, 0) is 24.1 Å². The molecule has 2 heterocycles. The Labute approximate surface area is 105 Å². The van der Waals surface area contributed by atoms with Crippen LogP contribution in [0.25, 0.3) is 0 Å². The first-order chi connectivity index (χ1) is 8.33. The molecule has 0 unspecified atom stereocenters. The predicted octanol–water partition coefficient (Wildman–Crippen LogP) is 0.571. The number of aryl methyl sites for hydroxylation is 2. The molecule has 0 fully saturated rings. The molecule has 0 radical (unpaired) electrons. The molecule has 98 valence electrons. The second-order valence-electron chi connectivity index (χ2n) is 4.09. The van der Waals surface area contributed by atoms with Crippen molar-refractivity contribution in [3.8, 4) is 0 Å². The number of rotatable bonds is 3. The van der Waals surface area contributed by atoms with Gasteiger partial charge in [0.25, 0.3) is 10.0 Å². The largest absolute Gasteiger partial charge is 0.276 e. The first-order valence-corrected chi connectivity index (χ1v) is 6.81. The minimum absolute atomic E-state index is 0.174. The van der Waals surface area contributed by atoms with Gasteiger partial charge in [-0.15, -0.1) is 0 Å². The highest BCUT2D eigenvalue weighted by Crippen LogP contribution is 2.20. The molecule has 0 bridgehead atoms. The lowest BCUT2D eigenvalue weighted by Crippen LogP contribution is -2.14. The first kappa shape index (κ1) is 12.6. The molecule has 0 saturated heterocycles. The molecule has 0 aliphatic rings. The molecular formula is C10H15N5O2S.